The summed E-state index contributed by atoms with van der Waals surface area (Å²) in [6.07, 6.45) is 15.7. The molecular weight excluding hydrogens is 456 g/mol. The molecule has 2 aliphatic carbocycles. The lowest BCUT2D eigenvalue weighted by Gasteiger charge is -2.33. The van der Waals surface area contributed by atoms with Gasteiger partial charge in [0.15, 0.2) is 5.78 Å². The molecular formula is C34H54O3. The van der Waals surface area contributed by atoms with Crippen molar-refractivity contribution in [2.75, 3.05) is 0 Å². The largest absolute Gasteiger partial charge is 0.300 e. The van der Waals surface area contributed by atoms with Crippen molar-refractivity contribution in [3.8, 4) is 0 Å². The van der Waals surface area contributed by atoms with Crippen molar-refractivity contribution in [3.05, 3.63) is 34.4 Å². The average molecular weight is 511 g/mol. The highest BCUT2D eigenvalue weighted by atomic mass is 16.1. The van der Waals surface area contributed by atoms with E-state index in [0.717, 1.165) is 55.6 Å². The zero-order valence-electron chi connectivity index (χ0n) is 24.8. The minimum atomic E-state index is -0.0661. The van der Waals surface area contributed by atoms with E-state index in [1.807, 2.05) is 0 Å². The van der Waals surface area contributed by atoms with Crippen LogP contribution in [-0.4, -0.2) is 17.3 Å². The zero-order chi connectivity index (χ0) is 27.4. The van der Waals surface area contributed by atoms with Crippen LogP contribution in [0.3, 0.4) is 0 Å². The summed E-state index contributed by atoms with van der Waals surface area (Å²) in [4.78, 5) is 37.8. The van der Waals surface area contributed by atoms with Gasteiger partial charge in [-0.15, -0.1) is 0 Å². The van der Waals surface area contributed by atoms with Crippen LogP contribution in [0.1, 0.15) is 145 Å². The van der Waals surface area contributed by atoms with Crippen LogP contribution in [0.4, 0.5) is 0 Å². The van der Waals surface area contributed by atoms with E-state index >= 15 is 0 Å². The number of carbonyl (C=O) groups excluding carboxylic acids is 3. The van der Waals surface area contributed by atoms with Crippen LogP contribution in [-0.2, 0) is 22.4 Å². The molecule has 1 fully saturated rings. The average Bonchev–Trinajstić information content (AvgIpc) is 2.84. The van der Waals surface area contributed by atoms with Crippen LogP contribution >= 0.6 is 0 Å². The number of hydrogen-bond acceptors (Lipinski definition) is 3. The fourth-order valence-corrected chi connectivity index (χ4v) is 6.87. The summed E-state index contributed by atoms with van der Waals surface area (Å²) in [6, 6.07) is 4.43. The van der Waals surface area contributed by atoms with Crippen LogP contribution in [0.5, 0.6) is 0 Å². The molecule has 0 heterocycles. The van der Waals surface area contributed by atoms with Gasteiger partial charge in [-0.1, -0.05) is 91.2 Å². The topological polar surface area (TPSA) is 51.2 Å². The van der Waals surface area contributed by atoms with Gasteiger partial charge in [0.2, 0.25) is 0 Å². The normalized spacial score (nSPS) is 19.4. The van der Waals surface area contributed by atoms with Gasteiger partial charge >= 0.3 is 0 Å². The van der Waals surface area contributed by atoms with Crippen molar-refractivity contribution in [1.29, 1.82) is 0 Å². The maximum Gasteiger partial charge on any atom is 0.163 e. The third kappa shape index (κ3) is 9.48. The lowest BCUT2D eigenvalue weighted by Crippen LogP contribution is -2.30. The molecule has 3 nitrogen and oxygen atoms in total. The van der Waals surface area contributed by atoms with Crippen LogP contribution < -0.4 is 0 Å². The second-order valence-corrected chi connectivity index (χ2v) is 12.0. The molecule has 0 radical (unpaired) electrons. The maximum atomic E-state index is 13.3. The molecule has 208 valence electrons. The van der Waals surface area contributed by atoms with Gasteiger partial charge in [0, 0.05) is 17.9 Å². The maximum absolute atomic E-state index is 13.3. The first-order valence-electron chi connectivity index (χ1n) is 15.4. The number of carbonyl (C=O) groups is 3. The van der Waals surface area contributed by atoms with Gasteiger partial charge in [-0.2, -0.15) is 0 Å². The Hall–Kier alpha value is -1.77. The number of Topliss-reactive ketones (excluding diaryl/α,β-unsaturated/α-hetero) is 3. The molecule has 0 aliphatic heterocycles. The van der Waals surface area contributed by atoms with Gasteiger partial charge in [0.25, 0.3) is 0 Å². The van der Waals surface area contributed by atoms with E-state index < -0.39 is 0 Å². The number of aryl methyl sites for hydroxylation is 2. The lowest BCUT2D eigenvalue weighted by molar-refractivity contribution is -0.129. The summed E-state index contributed by atoms with van der Waals surface area (Å²) in [5, 5.41) is 0. The predicted molar refractivity (Wildman–Crippen MR) is 155 cm³/mol. The Labute approximate surface area is 227 Å². The van der Waals surface area contributed by atoms with Gasteiger partial charge in [-0.25, -0.2) is 0 Å². The quantitative estimate of drug-likeness (QED) is 0.263. The Bertz CT molecular complexity index is 877. The Morgan fingerprint density at radius 1 is 0.973 bits per heavy atom. The molecule has 1 aromatic rings. The molecule has 0 amide bonds. The lowest BCUT2D eigenvalue weighted by atomic mass is 9.71. The van der Waals surface area contributed by atoms with Gasteiger partial charge in [-0.3, -0.25) is 14.4 Å². The van der Waals surface area contributed by atoms with Gasteiger partial charge in [0.1, 0.15) is 11.6 Å². The number of hydrogen-bond donors (Lipinski definition) is 0. The van der Waals surface area contributed by atoms with Crippen molar-refractivity contribution in [2.45, 2.75) is 138 Å². The van der Waals surface area contributed by atoms with Crippen LogP contribution in [0.2, 0.25) is 0 Å². The summed E-state index contributed by atoms with van der Waals surface area (Å²) >= 11 is 0. The first kappa shape index (κ1) is 31.4. The Kier molecular flexibility index (Phi) is 13.8. The smallest absolute Gasteiger partial charge is 0.163 e. The third-order valence-electron chi connectivity index (χ3n) is 8.55. The number of rotatable bonds is 12. The molecule has 3 rings (SSSR count). The molecule has 3 unspecified atom stereocenters. The van der Waals surface area contributed by atoms with E-state index in [1.165, 1.54) is 63.0 Å². The highest BCUT2D eigenvalue weighted by Gasteiger charge is 2.33. The number of benzene rings is 1. The third-order valence-corrected chi connectivity index (χ3v) is 8.55. The Morgan fingerprint density at radius 3 is 2.24 bits per heavy atom. The first-order chi connectivity index (χ1) is 17.7. The van der Waals surface area contributed by atoms with Gasteiger partial charge in [-0.05, 0) is 80.4 Å². The van der Waals surface area contributed by atoms with Crippen LogP contribution in [0.25, 0.3) is 0 Å². The minimum absolute atomic E-state index is 0.0430. The van der Waals surface area contributed by atoms with E-state index in [1.54, 1.807) is 0 Å². The molecule has 0 bridgehead atoms. The Morgan fingerprint density at radius 2 is 1.65 bits per heavy atom. The molecule has 1 aromatic carbocycles. The molecule has 37 heavy (non-hydrogen) atoms. The molecule has 3 atom stereocenters. The fourth-order valence-electron chi connectivity index (χ4n) is 6.87. The standard InChI is InChI=1S/C31H46O3.C3H8/c1-5-10-26(27(6-2)29(33)17-22(4)32)18-24-19-28-25(16-14-23-11-8-7-9-12-23)15-13-21(3)31(28)30(34)20-24;1-3-2/h13,15,23-24,26-27H,5-12,14,16-20H2,1-4H3;3H2,1-2H3. The van der Waals surface area contributed by atoms with Crippen LogP contribution in [0.15, 0.2) is 12.1 Å². The Balaban J connectivity index is 0.00000153. The highest BCUT2D eigenvalue weighted by Crippen LogP contribution is 2.38. The van der Waals surface area contributed by atoms with Crippen molar-refractivity contribution in [1.82, 2.24) is 0 Å². The zero-order valence-corrected chi connectivity index (χ0v) is 24.8. The summed E-state index contributed by atoms with van der Waals surface area (Å²) in [5.74, 6) is 1.68. The second kappa shape index (κ2) is 16.2. The predicted octanol–water partition coefficient (Wildman–Crippen LogP) is 9.05. The number of fused-ring (bicyclic) bond motifs is 1. The first-order valence-corrected chi connectivity index (χ1v) is 15.4. The van der Waals surface area contributed by atoms with E-state index in [2.05, 4.69) is 46.8 Å². The summed E-state index contributed by atoms with van der Waals surface area (Å²) in [5.41, 5.74) is 4.79. The van der Waals surface area contributed by atoms with Gasteiger partial charge in [0.05, 0.1) is 6.42 Å². The molecule has 2 aliphatic rings. The summed E-state index contributed by atoms with van der Waals surface area (Å²) < 4.78 is 0. The van der Waals surface area contributed by atoms with Crippen molar-refractivity contribution >= 4 is 17.3 Å². The van der Waals surface area contributed by atoms with E-state index in [9.17, 15) is 14.4 Å². The SMILES string of the molecule is CCC.CCCC(CC1CC(=O)c2c(C)ccc(CCC3CCCCC3)c2C1)C(CC)C(=O)CC(C)=O. The molecule has 0 saturated heterocycles. The van der Waals surface area contributed by atoms with Crippen molar-refractivity contribution < 1.29 is 14.4 Å². The highest BCUT2D eigenvalue weighted by molar-refractivity contribution is 6.00. The second-order valence-electron chi connectivity index (χ2n) is 12.0. The molecule has 3 heteroatoms. The minimum Gasteiger partial charge on any atom is -0.300 e. The monoisotopic (exact) mass is 510 g/mol. The van der Waals surface area contributed by atoms with E-state index in [4.69, 9.17) is 0 Å². The van der Waals surface area contributed by atoms with Gasteiger partial charge < -0.3 is 0 Å². The molecule has 1 saturated carbocycles. The van der Waals surface area contributed by atoms with Crippen molar-refractivity contribution in [2.24, 2.45) is 23.7 Å². The van der Waals surface area contributed by atoms with E-state index in [-0.39, 0.29) is 29.8 Å². The molecule has 0 aromatic heterocycles. The van der Waals surface area contributed by atoms with Crippen molar-refractivity contribution in [3.63, 3.8) is 0 Å². The molecule has 0 N–H and O–H groups in total. The van der Waals surface area contributed by atoms with Crippen LogP contribution in [0, 0.1) is 30.6 Å². The molecule has 0 spiro atoms. The number of ketones is 3. The summed E-state index contributed by atoms with van der Waals surface area (Å²) in [6.45, 7) is 12.1. The fraction of sp³-hybridized carbons (Fsp3) is 0.735. The van der Waals surface area contributed by atoms with E-state index in [0.29, 0.717) is 18.1 Å². The summed E-state index contributed by atoms with van der Waals surface area (Å²) in [7, 11) is 0.